The van der Waals surface area contributed by atoms with Gasteiger partial charge in [-0.15, -0.1) is 0 Å². The van der Waals surface area contributed by atoms with Gasteiger partial charge in [0.1, 0.15) is 42.4 Å². The molecule has 2 aromatic rings. The Labute approximate surface area is 174 Å². The van der Waals surface area contributed by atoms with Crippen LogP contribution in [0.3, 0.4) is 0 Å². The van der Waals surface area contributed by atoms with Gasteiger partial charge >= 0.3 is 5.97 Å². The minimum Gasteiger partial charge on any atom is -0.479 e. The first-order valence-electron chi connectivity index (χ1n) is 9.52. The molecule has 3 aliphatic heterocycles. The number of rotatable bonds is 3. The van der Waals surface area contributed by atoms with E-state index in [1.54, 1.807) is 0 Å². The van der Waals surface area contributed by atoms with E-state index in [2.05, 4.69) is 15.0 Å². The number of nitrogens with zero attached hydrogens (tertiary/aromatic N) is 4. The number of ether oxygens (including phenoxy) is 4. The van der Waals surface area contributed by atoms with E-state index in [-0.39, 0.29) is 12.2 Å². The summed E-state index contributed by atoms with van der Waals surface area (Å²) < 4.78 is 23.8. The lowest BCUT2D eigenvalue weighted by molar-refractivity contribution is -0.399. The second kappa shape index (κ2) is 7.03. The highest BCUT2D eigenvalue weighted by molar-refractivity contribution is 5.81. The first kappa shape index (κ1) is 20.4. The fourth-order valence-electron chi connectivity index (χ4n) is 4.59. The van der Waals surface area contributed by atoms with Crippen LogP contribution in [0.2, 0.25) is 0 Å². The molecule has 0 amide bonds. The summed E-state index contributed by atoms with van der Waals surface area (Å²) in [4.78, 5) is 23.6. The maximum absolute atomic E-state index is 11.5. The Hall–Kier alpha value is -2.46. The molecule has 168 valence electrons. The van der Waals surface area contributed by atoms with E-state index in [1.165, 1.54) is 24.3 Å². The number of anilines is 1. The molecular weight excluding hydrogens is 418 g/mol. The molecule has 14 nitrogen and oxygen atoms in total. The van der Waals surface area contributed by atoms with Crippen LogP contribution in [0, 0.1) is 0 Å². The number of hydrogen-bond donors (Lipinski definition) is 5. The summed E-state index contributed by atoms with van der Waals surface area (Å²) >= 11 is 0. The topological polar surface area (TPSA) is 205 Å². The van der Waals surface area contributed by atoms with E-state index >= 15 is 0 Å². The van der Waals surface area contributed by atoms with Crippen molar-refractivity contribution in [3.8, 4) is 0 Å². The van der Waals surface area contributed by atoms with Crippen LogP contribution in [-0.4, -0.2) is 102 Å². The molecular formula is C17H21N5O9. The highest BCUT2D eigenvalue weighted by atomic mass is 16.7. The van der Waals surface area contributed by atoms with Crippen LogP contribution >= 0.6 is 0 Å². The van der Waals surface area contributed by atoms with Gasteiger partial charge in [-0.3, -0.25) is 4.57 Å². The lowest BCUT2D eigenvalue weighted by atomic mass is 9.84. The summed E-state index contributed by atoms with van der Waals surface area (Å²) in [6, 6.07) is 0. The number of methoxy groups -OCH3 is 1. The number of carboxylic acids is 1. The second-order valence-electron chi connectivity index (χ2n) is 7.74. The van der Waals surface area contributed by atoms with Gasteiger partial charge in [0.25, 0.3) is 0 Å². The highest BCUT2D eigenvalue weighted by Crippen LogP contribution is 2.46. The van der Waals surface area contributed by atoms with Crippen molar-refractivity contribution in [1.29, 1.82) is 0 Å². The number of aromatic nitrogens is 4. The number of nitrogen functional groups attached to an aromatic ring is 1. The van der Waals surface area contributed by atoms with Crippen molar-refractivity contribution in [1.82, 2.24) is 19.5 Å². The molecule has 5 heterocycles. The predicted octanol–water partition coefficient (Wildman–Crippen LogP) is -2.63. The molecule has 3 fully saturated rings. The second-order valence-corrected chi connectivity index (χ2v) is 7.74. The Balaban J connectivity index is 1.47. The zero-order chi connectivity index (χ0) is 22.1. The first-order chi connectivity index (χ1) is 14.8. The third kappa shape index (κ3) is 2.84. The predicted molar refractivity (Wildman–Crippen MR) is 97.2 cm³/mol. The van der Waals surface area contributed by atoms with E-state index in [1.807, 2.05) is 0 Å². The van der Waals surface area contributed by atoms with E-state index in [9.17, 15) is 25.2 Å². The van der Waals surface area contributed by atoms with Crippen molar-refractivity contribution in [2.24, 2.45) is 0 Å². The maximum atomic E-state index is 11.5. The van der Waals surface area contributed by atoms with Gasteiger partial charge in [0.2, 0.25) is 5.79 Å². The highest BCUT2D eigenvalue weighted by Gasteiger charge is 2.65. The largest absolute Gasteiger partial charge is 0.479 e. The van der Waals surface area contributed by atoms with Gasteiger partial charge < -0.3 is 45.1 Å². The smallest absolute Gasteiger partial charge is 0.335 e. The van der Waals surface area contributed by atoms with Gasteiger partial charge in [-0.2, -0.15) is 0 Å². The van der Waals surface area contributed by atoms with E-state index < -0.39 is 60.7 Å². The normalized spacial score (nSPS) is 42.3. The van der Waals surface area contributed by atoms with Gasteiger partial charge in [0.05, 0.1) is 12.4 Å². The number of aliphatic hydroxyl groups is 3. The summed E-state index contributed by atoms with van der Waals surface area (Å²) in [5.41, 5.74) is 6.47. The third-order valence-corrected chi connectivity index (χ3v) is 6.04. The van der Waals surface area contributed by atoms with Crippen molar-refractivity contribution in [2.45, 2.75) is 61.2 Å². The van der Waals surface area contributed by atoms with Gasteiger partial charge in [0, 0.05) is 13.5 Å². The quantitative estimate of drug-likeness (QED) is 0.332. The molecule has 2 aromatic heterocycles. The first-order valence-corrected chi connectivity index (χ1v) is 9.52. The van der Waals surface area contributed by atoms with Crippen molar-refractivity contribution < 1.29 is 44.2 Å². The molecule has 3 aliphatic rings. The molecule has 14 heteroatoms. The third-order valence-electron chi connectivity index (χ3n) is 6.04. The average Bonchev–Trinajstić information content (AvgIpc) is 3.28. The van der Waals surface area contributed by atoms with Crippen LogP contribution in [0.5, 0.6) is 0 Å². The van der Waals surface area contributed by atoms with E-state index in [0.29, 0.717) is 11.2 Å². The van der Waals surface area contributed by atoms with Crippen molar-refractivity contribution in [3.63, 3.8) is 0 Å². The zero-order valence-corrected chi connectivity index (χ0v) is 16.2. The standard InChI is InChI=1S/C17H21N5O9/c1-28-12-8(23)11(16(25)26)30-6-2-5-10(31-17(6,12)27)9(24)15(29-5)22-4-21-7-13(18)19-3-20-14(7)22/h3-6,8-12,15,23-24,27H,2H2,1H3,(H,25,26)(H2,18,19,20). The summed E-state index contributed by atoms with van der Waals surface area (Å²) in [5.74, 6) is -3.45. The molecule has 6 N–H and O–H groups in total. The monoisotopic (exact) mass is 439 g/mol. The summed E-state index contributed by atoms with van der Waals surface area (Å²) in [6.45, 7) is 0. The number of imidazole rings is 1. The minimum absolute atomic E-state index is 0.0190. The SMILES string of the molecule is COC1C(O)C(C(=O)O)OC2CC3OC(n4cnc5c(N)ncnc54)C(O)C3OC21O. The van der Waals surface area contributed by atoms with Crippen LogP contribution in [-0.2, 0) is 23.7 Å². The summed E-state index contributed by atoms with van der Waals surface area (Å²) in [6.07, 6.45) is -7.37. The summed E-state index contributed by atoms with van der Waals surface area (Å²) in [5, 5.41) is 41.8. The fraction of sp³-hybridized carbons (Fsp3) is 0.647. The Morgan fingerprint density at radius 3 is 2.77 bits per heavy atom. The Morgan fingerprint density at radius 2 is 2.06 bits per heavy atom. The number of aliphatic hydroxyl groups excluding tert-OH is 2. The van der Waals surface area contributed by atoms with Crippen molar-refractivity contribution in [2.75, 3.05) is 12.8 Å². The lowest BCUT2D eigenvalue weighted by Gasteiger charge is -2.52. The van der Waals surface area contributed by atoms with Crippen LogP contribution in [0.15, 0.2) is 12.7 Å². The molecule has 9 unspecified atom stereocenters. The number of carboxylic acid groups (broad SMARTS) is 1. The molecule has 0 radical (unpaired) electrons. The van der Waals surface area contributed by atoms with Gasteiger partial charge in [-0.05, 0) is 0 Å². The number of aliphatic carboxylic acids is 1. The van der Waals surface area contributed by atoms with E-state index in [0.717, 1.165) is 0 Å². The molecule has 9 atom stereocenters. The number of fused-ring (bicyclic) bond motifs is 3. The number of hydrogen-bond acceptors (Lipinski definition) is 12. The number of nitrogens with two attached hydrogens (primary N) is 1. The van der Waals surface area contributed by atoms with Gasteiger partial charge in [0.15, 0.2) is 23.8 Å². The Kier molecular flexibility index (Phi) is 4.63. The van der Waals surface area contributed by atoms with Crippen molar-refractivity contribution in [3.05, 3.63) is 12.7 Å². The fourth-order valence-corrected chi connectivity index (χ4v) is 4.59. The molecule has 0 bridgehead atoms. The van der Waals surface area contributed by atoms with Crippen LogP contribution < -0.4 is 5.73 Å². The van der Waals surface area contributed by atoms with Crippen molar-refractivity contribution >= 4 is 23.0 Å². The van der Waals surface area contributed by atoms with Crippen LogP contribution in [0.1, 0.15) is 12.6 Å². The van der Waals surface area contributed by atoms with E-state index in [4.69, 9.17) is 24.7 Å². The minimum atomic E-state index is -2.20. The Bertz CT molecular complexity index is 1020. The van der Waals surface area contributed by atoms with Crippen LogP contribution in [0.4, 0.5) is 5.82 Å². The molecule has 31 heavy (non-hydrogen) atoms. The summed E-state index contributed by atoms with van der Waals surface area (Å²) in [7, 11) is 1.20. The molecule has 0 aromatic carbocycles. The molecule has 0 aliphatic carbocycles. The molecule has 3 saturated heterocycles. The van der Waals surface area contributed by atoms with Crippen LogP contribution in [0.25, 0.3) is 11.2 Å². The molecule has 0 spiro atoms. The lowest BCUT2D eigenvalue weighted by Crippen LogP contribution is -2.72. The number of carbonyl (C=O) groups is 1. The molecule has 0 saturated carbocycles. The average molecular weight is 439 g/mol. The maximum Gasteiger partial charge on any atom is 0.335 e. The molecule has 5 rings (SSSR count). The van der Waals surface area contributed by atoms with Gasteiger partial charge in [-0.1, -0.05) is 0 Å². The Morgan fingerprint density at radius 1 is 1.29 bits per heavy atom. The van der Waals surface area contributed by atoms with Gasteiger partial charge in [-0.25, -0.2) is 19.7 Å². The zero-order valence-electron chi connectivity index (χ0n) is 16.2.